The molecule has 0 spiro atoms. The molecule has 0 atom stereocenters. The van der Waals surface area contributed by atoms with E-state index in [1.807, 2.05) is 0 Å². The van der Waals surface area contributed by atoms with Gasteiger partial charge in [0.15, 0.2) is 0 Å². The van der Waals surface area contributed by atoms with Gasteiger partial charge in [0.1, 0.15) is 18.9 Å². The molecule has 0 amide bonds. The highest BCUT2D eigenvalue weighted by molar-refractivity contribution is 4.64. The zero-order chi connectivity index (χ0) is 20.8. The van der Waals surface area contributed by atoms with E-state index < -0.39 is 0 Å². The van der Waals surface area contributed by atoms with Crippen LogP contribution in [0.25, 0.3) is 0 Å². The van der Waals surface area contributed by atoms with Gasteiger partial charge >= 0.3 is 0 Å². The van der Waals surface area contributed by atoms with Crippen LogP contribution in [0.2, 0.25) is 0 Å². The smallest absolute Gasteiger partial charge is 0.243 e. The Hall–Kier alpha value is -1.07. The van der Waals surface area contributed by atoms with E-state index in [1.54, 1.807) is 7.11 Å². The van der Waals surface area contributed by atoms with Crippen LogP contribution < -0.4 is 4.57 Å². The monoisotopic (exact) mass is 419 g/mol. The number of rotatable bonds is 22. The third-order valence-electron chi connectivity index (χ3n) is 3.90. The molecule has 9 nitrogen and oxygen atoms in total. The normalized spacial score (nSPS) is 11.4. The fourth-order valence-electron chi connectivity index (χ4n) is 2.27. The van der Waals surface area contributed by atoms with Gasteiger partial charge in [-0.2, -0.15) is 0 Å². The Morgan fingerprint density at radius 1 is 0.621 bits per heavy atom. The van der Waals surface area contributed by atoms with Crippen LogP contribution in [-0.4, -0.2) is 97.6 Å². The summed E-state index contributed by atoms with van der Waals surface area (Å²) < 4.78 is 41.7. The summed E-state index contributed by atoms with van der Waals surface area (Å²) in [4.78, 5) is 0. The van der Waals surface area contributed by atoms with Crippen molar-refractivity contribution in [2.45, 2.75) is 20.0 Å². The van der Waals surface area contributed by atoms with Crippen molar-refractivity contribution >= 4 is 0 Å². The lowest BCUT2D eigenvalue weighted by atomic mass is 10.6. The molecule has 1 heterocycles. The highest BCUT2D eigenvalue weighted by Gasteiger charge is 2.01. The molecule has 0 aromatic carbocycles. The second-order valence-corrected chi connectivity index (χ2v) is 6.15. The van der Waals surface area contributed by atoms with Gasteiger partial charge in [-0.25, -0.2) is 9.13 Å². The van der Waals surface area contributed by atoms with E-state index in [2.05, 4.69) is 34.8 Å². The van der Waals surface area contributed by atoms with E-state index in [0.29, 0.717) is 85.9 Å². The highest BCUT2D eigenvalue weighted by atomic mass is 16.6. The summed E-state index contributed by atoms with van der Waals surface area (Å²) in [6.45, 7) is 11.5. The lowest BCUT2D eigenvalue weighted by molar-refractivity contribution is -0.698. The molecule has 0 aliphatic carbocycles. The number of methoxy groups -OCH3 is 1. The first kappa shape index (κ1) is 26.0. The molecule has 0 N–H and O–H groups in total. The van der Waals surface area contributed by atoms with E-state index in [0.717, 1.165) is 13.1 Å². The Morgan fingerprint density at radius 3 is 1.41 bits per heavy atom. The Labute approximate surface area is 174 Å². The van der Waals surface area contributed by atoms with Crippen molar-refractivity contribution in [2.75, 3.05) is 93.0 Å². The molecule has 1 aromatic heterocycles. The Kier molecular flexibility index (Phi) is 18.1. The second kappa shape index (κ2) is 20.2. The first-order valence-corrected chi connectivity index (χ1v) is 10.4. The van der Waals surface area contributed by atoms with E-state index in [1.165, 1.54) is 0 Å². The number of imidazole rings is 1. The van der Waals surface area contributed by atoms with Gasteiger partial charge < -0.3 is 33.2 Å². The first-order valence-electron chi connectivity index (χ1n) is 10.4. The molecule has 0 aliphatic heterocycles. The lowest BCUT2D eigenvalue weighted by Gasteiger charge is -2.08. The van der Waals surface area contributed by atoms with Crippen LogP contribution in [0.15, 0.2) is 18.7 Å². The quantitative estimate of drug-likeness (QED) is 0.201. The predicted molar refractivity (Wildman–Crippen MR) is 107 cm³/mol. The second-order valence-electron chi connectivity index (χ2n) is 6.15. The summed E-state index contributed by atoms with van der Waals surface area (Å²) >= 11 is 0. The zero-order valence-corrected chi connectivity index (χ0v) is 18.1. The minimum atomic E-state index is 0.550. The number of hydrogen-bond acceptors (Lipinski definition) is 7. The van der Waals surface area contributed by atoms with Gasteiger partial charge in [-0.15, -0.1) is 0 Å². The molecule has 1 aromatic rings. The number of ether oxygens (including phenoxy) is 7. The molecule has 0 radical (unpaired) electrons. The highest BCUT2D eigenvalue weighted by Crippen LogP contribution is 1.86. The maximum atomic E-state index is 5.56. The standard InChI is InChI=1S/C20H39N2O7/c1-3-21-4-5-22(20-21)6-7-24-10-11-26-14-15-28-18-19-29-17-16-27-13-12-25-9-8-23-2/h4-5,20H,3,6-19H2,1-2H3/q+1. The van der Waals surface area contributed by atoms with Gasteiger partial charge in [-0.3, -0.25) is 0 Å². The van der Waals surface area contributed by atoms with Gasteiger partial charge in [-0.05, 0) is 6.92 Å². The molecular formula is C20H39N2O7+. The summed E-state index contributed by atoms with van der Waals surface area (Å²) in [6, 6.07) is 0. The minimum absolute atomic E-state index is 0.550. The van der Waals surface area contributed by atoms with Crippen molar-refractivity contribution in [3.05, 3.63) is 18.7 Å². The Bertz CT molecular complexity index is 460. The van der Waals surface area contributed by atoms with E-state index >= 15 is 0 Å². The molecule has 0 unspecified atom stereocenters. The molecule has 29 heavy (non-hydrogen) atoms. The van der Waals surface area contributed by atoms with Crippen molar-refractivity contribution in [3.8, 4) is 0 Å². The van der Waals surface area contributed by atoms with Crippen molar-refractivity contribution in [3.63, 3.8) is 0 Å². The fourth-order valence-corrected chi connectivity index (χ4v) is 2.27. The lowest BCUT2D eigenvalue weighted by Crippen LogP contribution is -2.33. The van der Waals surface area contributed by atoms with Gasteiger partial charge in [0, 0.05) is 7.11 Å². The number of hydrogen-bond donors (Lipinski definition) is 0. The molecule has 0 bridgehead atoms. The van der Waals surface area contributed by atoms with Crippen molar-refractivity contribution in [2.24, 2.45) is 0 Å². The van der Waals surface area contributed by atoms with E-state index in [4.69, 9.17) is 33.2 Å². The maximum Gasteiger partial charge on any atom is 0.243 e. The molecule has 0 saturated heterocycles. The van der Waals surface area contributed by atoms with Crippen LogP contribution >= 0.6 is 0 Å². The van der Waals surface area contributed by atoms with Gasteiger partial charge in [0.05, 0.1) is 92.4 Å². The number of aromatic nitrogens is 2. The van der Waals surface area contributed by atoms with Crippen LogP contribution in [0.3, 0.4) is 0 Å². The Balaban J connectivity index is 1.69. The van der Waals surface area contributed by atoms with Gasteiger partial charge in [0.2, 0.25) is 6.33 Å². The van der Waals surface area contributed by atoms with Gasteiger partial charge in [0.25, 0.3) is 0 Å². The molecule has 9 heteroatoms. The summed E-state index contributed by atoms with van der Waals surface area (Å²) in [5.41, 5.74) is 0. The predicted octanol–water partition coefficient (Wildman–Crippen LogP) is 0.542. The summed E-state index contributed by atoms with van der Waals surface area (Å²) in [5, 5.41) is 0. The number of nitrogens with zero attached hydrogens (tertiary/aromatic N) is 2. The topological polar surface area (TPSA) is 73.4 Å². The molecule has 0 saturated carbocycles. The molecule has 170 valence electrons. The van der Waals surface area contributed by atoms with Crippen LogP contribution in [0.5, 0.6) is 0 Å². The number of aryl methyl sites for hydroxylation is 1. The van der Waals surface area contributed by atoms with E-state index in [9.17, 15) is 0 Å². The van der Waals surface area contributed by atoms with Crippen molar-refractivity contribution in [1.82, 2.24) is 4.57 Å². The van der Waals surface area contributed by atoms with Crippen LogP contribution in [0.1, 0.15) is 6.92 Å². The molecular weight excluding hydrogens is 380 g/mol. The average Bonchev–Trinajstić information content (AvgIpc) is 3.20. The summed E-state index contributed by atoms with van der Waals surface area (Å²) in [7, 11) is 1.65. The molecule has 0 aliphatic rings. The average molecular weight is 420 g/mol. The SMILES string of the molecule is CCn1cc[n+](CCOCCOCCOCCOCCOCCOCCOC)c1. The Morgan fingerprint density at radius 2 is 1.03 bits per heavy atom. The van der Waals surface area contributed by atoms with Gasteiger partial charge in [-0.1, -0.05) is 0 Å². The van der Waals surface area contributed by atoms with Crippen molar-refractivity contribution in [1.29, 1.82) is 0 Å². The largest absolute Gasteiger partial charge is 0.382 e. The van der Waals surface area contributed by atoms with Crippen LogP contribution in [-0.2, 0) is 46.2 Å². The van der Waals surface area contributed by atoms with Crippen molar-refractivity contribution < 1.29 is 37.7 Å². The minimum Gasteiger partial charge on any atom is -0.382 e. The maximum absolute atomic E-state index is 5.56. The zero-order valence-electron chi connectivity index (χ0n) is 18.1. The fraction of sp³-hybridized carbons (Fsp3) is 0.850. The third-order valence-corrected chi connectivity index (χ3v) is 3.90. The molecule has 1 rings (SSSR count). The molecule has 0 fully saturated rings. The summed E-state index contributed by atoms with van der Waals surface area (Å²) in [5.74, 6) is 0. The van der Waals surface area contributed by atoms with Crippen LogP contribution in [0, 0.1) is 0 Å². The van der Waals surface area contributed by atoms with Crippen LogP contribution in [0.4, 0.5) is 0 Å². The third kappa shape index (κ3) is 16.4. The first-order chi connectivity index (χ1) is 14.4. The summed E-state index contributed by atoms with van der Waals surface area (Å²) in [6.07, 6.45) is 6.19. The van der Waals surface area contributed by atoms with E-state index in [-0.39, 0.29) is 0 Å².